The molecule has 0 saturated heterocycles. The van der Waals surface area contributed by atoms with Crippen LogP contribution >= 0.6 is 0 Å². The summed E-state index contributed by atoms with van der Waals surface area (Å²) in [5, 5.41) is 13.1. The molecule has 6 nitrogen and oxygen atoms in total. The van der Waals surface area contributed by atoms with Crippen LogP contribution in [-0.2, 0) is 0 Å². The summed E-state index contributed by atoms with van der Waals surface area (Å²) in [7, 11) is 0. The molecular weight excluding hydrogens is 332 g/mol. The van der Waals surface area contributed by atoms with Crippen molar-refractivity contribution in [1.29, 1.82) is 0 Å². The number of aromatic carboxylic acids is 1. The van der Waals surface area contributed by atoms with Gasteiger partial charge in [-0.25, -0.2) is 10.2 Å². The third-order valence-electron chi connectivity index (χ3n) is 3.80. The highest BCUT2D eigenvalue weighted by molar-refractivity contribution is 5.96. The first-order chi connectivity index (χ1) is 12.6. The van der Waals surface area contributed by atoms with E-state index in [1.807, 2.05) is 19.1 Å². The van der Waals surface area contributed by atoms with Gasteiger partial charge in [-0.05, 0) is 36.8 Å². The second-order valence-corrected chi connectivity index (χ2v) is 5.57. The second kappa shape index (κ2) is 7.48. The van der Waals surface area contributed by atoms with Crippen molar-refractivity contribution in [3.63, 3.8) is 0 Å². The number of rotatable bonds is 5. The van der Waals surface area contributed by atoms with Gasteiger partial charge in [0, 0.05) is 11.1 Å². The number of nitrogens with zero attached hydrogens (tertiary/aromatic N) is 1. The highest BCUT2D eigenvalue weighted by Crippen LogP contribution is 2.25. The van der Waals surface area contributed by atoms with Gasteiger partial charge in [-0.3, -0.25) is 4.79 Å². The van der Waals surface area contributed by atoms with Crippen LogP contribution in [0.3, 0.4) is 0 Å². The summed E-state index contributed by atoms with van der Waals surface area (Å²) >= 11 is 0. The Morgan fingerprint density at radius 3 is 2.42 bits per heavy atom. The van der Waals surface area contributed by atoms with Crippen molar-refractivity contribution < 1.29 is 19.1 Å². The molecular formula is C20H16N2O4. The Hall–Kier alpha value is -3.67. The van der Waals surface area contributed by atoms with Crippen LogP contribution in [0, 0.1) is 6.92 Å². The first-order valence-electron chi connectivity index (χ1n) is 7.88. The van der Waals surface area contributed by atoms with E-state index in [0.29, 0.717) is 22.6 Å². The molecule has 3 aromatic rings. The highest BCUT2D eigenvalue weighted by atomic mass is 16.4. The number of carbonyl (C=O) groups excluding carboxylic acids is 1. The summed E-state index contributed by atoms with van der Waals surface area (Å²) in [6.07, 6.45) is 1.36. The average molecular weight is 348 g/mol. The minimum Gasteiger partial charge on any atom is -0.478 e. The van der Waals surface area contributed by atoms with Crippen LogP contribution in [0.25, 0.3) is 11.3 Å². The molecule has 0 spiro atoms. The quantitative estimate of drug-likeness (QED) is 0.543. The van der Waals surface area contributed by atoms with Crippen LogP contribution in [0.2, 0.25) is 0 Å². The fourth-order valence-electron chi connectivity index (χ4n) is 2.49. The molecule has 1 heterocycles. The van der Waals surface area contributed by atoms with Crippen LogP contribution in [-0.4, -0.2) is 23.2 Å². The topological polar surface area (TPSA) is 91.9 Å². The summed E-state index contributed by atoms with van der Waals surface area (Å²) < 4.78 is 5.61. The lowest BCUT2D eigenvalue weighted by Crippen LogP contribution is -2.18. The fraction of sp³-hybridized carbons (Fsp3) is 0.0500. The molecule has 0 radical (unpaired) electrons. The number of aryl methyl sites for hydroxylation is 1. The molecule has 0 atom stereocenters. The summed E-state index contributed by atoms with van der Waals surface area (Å²) in [5.41, 5.74) is 4.46. The van der Waals surface area contributed by atoms with E-state index in [1.165, 1.54) is 12.3 Å². The smallest absolute Gasteiger partial charge is 0.336 e. The molecule has 1 amide bonds. The van der Waals surface area contributed by atoms with Crippen LogP contribution in [0.15, 0.2) is 70.2 Å². The maximum absolute atomic E-state index is 12.1. The van der Waals surface area contributed by atoms with Crippen LogP contribution in [0.4, 0.5) is 0 Å². The molecule has 0 unspecified atom stereocenters. The largest absolute Gasteiger partial charge is 0.478 e. The zero-order valence-electron chi connectivity index (χ0n) is 14.0. The molecule has 6 heteroatoms. The van der Waals surface area contributed by atoms with Gasteiger partial charge in [0.1, 0.15) is 11.5 Å². The number of hydrogen-bond donors (Lipinski definition) is 2. The van der Waals surface area contributed by atoms with Crippen LogP contribution in [0.1, 0.15) is 32.0 Å². The van der Waals surface area contributed by atoms with E-state index in [1.54, 1.807) is 42.5 Å². The third-order valence-corrected chi connectivity index (χ3v) is 3.80. The van der Waals surface area contributed by atoms with Crippen molar-refractivity contribution >= 4 is 18.1 Å². The first-order valence-corrected chi connectivity index (χ1v) is 7.88. The maximum atomic E-state index is 12.1. The van der Waals surface area contributed by atoms with Crippen molar-refractivity contribution in [1.82, 2.24) is 5.43 Å². The molecule has 0 aliphatic carbocycles. The number of benzene rings is 2. The molecule has 2 aromatic carbocycles. The summed E-state index contributed by atoms with van der Waals surface area (Å²) in [4.78, 5) is 23.4. The average Bonchev–Trinajstić information content (AvgIpc) is 3.10. The van der Waals surface area contributed by atoms with E-state index in [4.69, 9.17) is 4.42 Å². The Morgan fingerprint density at radius 2 is 1.69 bits per heavy atom. The molecule has 0 bridgehead atoms. The molecule has 0 fully saturated rings. The summed E-state index contributed by atoms with van der Waals surface area (Å²) in [6.45, 7) is 1.84. The van der Waals surface area contributed by atoms with Gasteiger partial charge in [-0.1, -0.05) is 36.4 Å². The molecule has 1 aromatic heterocycles. The number of furan rings is 1. The number of carbonyl (C=O) groups is 2. The van der Waals surface area contributed by atoms with Crippen molar-refractivity contribution in [2.45, 2.75) is 6.92 Å². The molecule has 130 valence electrons. The van der Waals surface area contributed by atoms with Gasteiger partial charge in [-0.2, -0.15) is 5.10 Å². The van der Waals surface area contributed by atoms with Crippen molar-refractivity contribution in [2.75, 3.05) is 0 Å². The predicted octanol–water partition coefficient (Wildman–Crippen LogP) is 3.72. The molecule has 0 aliphatic heterocycles. The van der Waals surface area contributed by atoms with E-state index in [9.17, 15) is 14.7 Å². The van der Waals surface area contributed by atoms with Gasteiger partial charge in [0.05, 0.1) is 11.8 Å². The van der Waals surface area contributed by atoms with Crippen molar-refractivity contribution in [3.8, 4) is 11.3 Å². The van der Waals surface area contributed by atoms with E-state index >= 15 is 0 Å². The predicted molar refractivity (Wildman–Crippen MR) is 97.3 cm³/mol. The minimum absolute atomic E-state index is 0.151. The van der Waals surface area contributed by atoms with Crippen molar-refractivity contribution in [3.05, 3.63) is 83.1 Å². The Bertz CT molecular complexity index is 989. The van der Waals surface area contributed by atoms with E-state index in [0.717, 1.165) is 5.56 Å². The van der Waals surface area contributed by atoms with E-state index in [2.05, 4.69) is 10.5 Å². The van der Waals surface area contributed by atoms with Gasteiger partial charge < -0.3 is 9.52 Å². The molecule has 3 rings (SSSR count). The van der Waals surface area contributed by atoms with Crippen LogP contribution < -0.4 is 5.43 Å². The highest BCUT2D eigenvalue weighted by Gasteiger charge is 2.13. The number of carboxylic acid groups (broad SMARTS) is 1. The van der Waals surface area contributed by atoms with E-state index in [-0.39, 0.29) is 11.5 Å². The Morgan fingerprint density at radius 1 is 1.00 bits per heavy atom. The van der Waals surface area contributed by atoms with Gasteiger partial charge in [0.15, 0.2) is 0 Å². The summed E-state index contributed by atoms with van der Waals surface area (Å²) in [5.74, 6) is -0.542. The lowest BCUT2D eigenvalue weighted by Gasteiger charge is -2.03. The monoisotopic (exact) mass is 348 g/mol. The zero-order chi connectivity index (χ0) is 18.5. The number of carboxylic acids is 1. The number of hydrazone groups is 1. The number of amides is 1. The summed E-state index contributed by atoms with van der Waals surface area (Å²) in [6, 6.07) is 17.1. The maximum Gasteiger partial charge on any atom is 0.336 e. The molecule has 0 aliphatic rings. The fourth-order valence-corrected chi connectivity index (χ4v) is 2.49. The first kappa shape index (κ1) is 17.2. The second-order valence-electron chi connectivity index (χ2n) is 5.57. The zero-order valence-corrected chi connectivity index (χ0v) is 14.0. The minimum atomic E-state index is -1.03. The van der Waals surface area contributed by atoms with Gasteiger partial charge in [0.25, 0.3) is 5.91 Å². The lowest BCUT2D eigenvalue weighted by atomic mass is 10.1. The van der Waals surface area contributed by atoms with Crippen LogP contribution in [0.5, 0.6) is 0 Å². The Labute approximate surface area is 149 Å². The molecule has 0 saturated carbocycles. The lowest BCUT2D eigenvalue weighted by molar-refractivity contribution is 0.0697. The van der Waals surface area contributed by atoms with Gasteiger partial charge >= 0.3 is 5.97 Å². The van der Waals surface area contributed by atoms with Gasteiger partial charge in [0.2, 0.25) is 0 Å². The standard InChI is InChI=1S/C20H16N2O4/c1-13-6-2-3-7-15(13)19(23)22-21-12-14-10-11-18(26-14)16-8-4-5-9-17(16)20(24)25/h2-12H,1H3,(H,22,23)(H,24,25)/b21-12-. The molecule has 2 N–H and O–H groups in total. The Balaban J connectivity index is 1.73. The van der Waals surface area contributed by atoms with E-state index < -0.39 is 5.97 Å². The Kier molecular flexibility index (Phi) is 4.94. The number of hydrogen-bond acceptors (Lipinski definition) is 4. The normalized spacial score (nSPS) is 10.8. The van der Waals surface area contributed by atoms with Gasteiger partial charge in [-0.15, -0.1) is 0 Å². The third kappa shape index (κ3) is 3.70. The number of nitrogens with one attached hydrogen (secondary N) is 1. The SMILES string of the molecule is Cc1ccccc1C(=O)N/N=C\c1ccc(-c2ccccc2C(=O)O)o1. The van der Waals surface area contributed by atoms with Crippen molar-refractivity contribution in [2.24, 2.45) is 5.10 Å². The molecule has 26 heavy (non-hydrogen) atoms.